The zero-order chi connectivity index (χ0) is 17.4. The molecule has 2 rings (SSSR count). The molecule has 0 saturated carbocycles. The van der Waals surface area contributed by atoms with Crippen LogP contribution in [0.2, 0.25) is 5.15 Å². The number of hydrogen-bond donors (Lipinski definition) is 2. The highest BCUT2D eigenvalue weighted by Gasteiger charge is 2.11. The Morgan fingerprint density at radius 1 is 1.08 bits per heavy atom. The lowest BCUT2D eigenvalue weighted by atomic mass is 10.2. The summed E-state index contributed by atoms with van der Waals surface area (Å²) >= 11 is 5.79. The first kappa shape index (κ1) is 17.4. The number of nitrogens with one attached hydrogen (secondary N) is 2. The lowest BCUT2D eigenvalue weighted by molar-refractivity contribution is -0.146. The number of halogens is 1. The molecule has 124 valence electrons. The van der Waals surface area contributed by atoms with E-state index in [-0.39, 0.29) is 11.7 Å². The molecule has 1 heterocycles. The maximum absolute atomic E-state index is 11.7. The van der Waals surface area contributed by atoms with Crippen LogP contribution in [-0.2, 0) is 14.3 Å². The topological polar surface area (TPSA) is 97.4 Å². The van der Waals surface area contributed by atoms with Gasteiger partial charge in [0.1, 0.15) is 6.54 Å². The number of esters is 1. The summed E-state index contributed by atoms with van der Waals surface area (Å²) in [5, 5.41) is 5.00. The number of rotatable bonds is 6. The molecule has 1 aromatic heterocycles. The van der Waals surface area contributed by atoms with Crippen LogP contribution in [0.4, 0.5) is 5.69 Å². The molecule has 0 atom stereocenters. The largest absolute Gasteiger partial charge is 0.454 e. The summed E-state index contributed by atoms with van der Waals surface area (Å²) in [5.74, 6) is -1.70. The number of amides is 2. The first-order chi connectivity index (χ1) is 11.6. The van der Waals surface area contributed by atoms with Gasteiger partial charge in [-0.25, -0.2) is 4.98 Å². The minimum absolute atomic E-state index is 0.132. The molecule has 2 aromatic rings. The van der Waals surface area contributed by atoms with Gasteiger partial charge in [0.25, 0.3) is 11.8 Å². The van der Waals surface area contributed by atoms with E-state index < -0.39 is 24.4 Å². The standard InChI is InChI=1S/C16H14ClN3O4/c17-15-12(7-4-8-18-15)20-13(21)10-24-14(22)9-19-16(23)11-5-2-1-3-6-11/h1-8H,9-10H2,(H,19,23)(H,20,21). The van der Waals surface area contributed by atoms with Gasteiger partial charge in [-0.15, -0.1) is 0 Å². The van der Waals surface area contributed by atoms with E-state index in [1.54, 1.807) is 42.5 Å². The van der Waals surface area contributed by atoms with E-state index in [9.17, 15) is 14.4 Å². The summed E-state index contributed by atoms with van der Waals surface area (Å²) in [6, 6.07) is 11.6. The normalized spacial score (nSPS) is 9.88. The SMILES string of the molecule is O=C(COC(=O)CNC(=O)c1ccccc1)Nc1cccnc1Cl. The van der Waals surface area contributed by atoms with Gasteiger partial charge in [-0.2, -0.15) is 0 Å². The average molecular weight is 348 g/mol. The Morgan fingerprint density at radius 2 is 1.83 bits per heavy atom. The fourth-order valence-corrected chi connectivity index (χ4v) is 1.87. The molecule has 24 heavy (non-hydrogen) atoms. The Hall–Kier alpha value is -2.93. The Labute approximate surface area is 143 Å². The molecular formula is C16H14ClN3O4. The van der Waals surface area contributed by atoms with E-state index in [0.717, 1.165) is 0 Å². The fourth-order valence-electron chi connectivity index (χ4n) is 1.71. The number of carbonyl (C=O) groups is 3. The van der Waals surface area contributed by atoms with Gasteiger partial charge in [-0.3, -0.25) is 14.4 Å². The number of benzene rings is 1. The number of ether oxygens (including phenoxy) is 1. The third-order valence-electron chi connectivity index (χ3n) is 2.83. The molecule has 2 amide bonds. The van der Waals surface area contributed by atoms with E-state index in [2.05, 4.69) is 15.6 Å². The van der Waals surface area contributed by atoms with Crippen LogP contribution >= 0.6 is 11.6 Å². The molecule has 0 fully saturated rings. The van der Waals surface area contributed by atoms with Crippen LogP contribution in [-0.4, -0.2) is 35.9 Å². The van der Waals surface area contributed by atoms with Gasteiger partial charge < -0.3 is 15.4 Å². The van der Waals surface area contributed by atoms with Crippen molar-refractivity contribution in [1.29, 1.82) is 0 Å². The molecule has 2 N–H and O–H groups in total. The van der Waals surface area contributed by atoms with E-state index in [1.165, 1.54) is 6.20 Å². The van der Waals surface area contributed by atoms with Crippen molar-refractivity contribution < 1.29 is 19.1 Å². The molecule has 0 bridgehead atoms. The van der Waals surface area contributed by atoms with Crippen molar-refractivity contribution in [1.82, 2.24) is 10.3 Å². The number of hydrogen-bond acceptors (Lipinski definition) is 5. The second-order valence-corrected chi connectivity index (χ2v) is 4.96. The van der Waals surface area contributed by atoms with Gasteiger partial charge in [0, 0.05) is 11.8 Å². The molecule has 0 unspecified atom stereocenters. The summed E-state index contributed by atoms with van der Waals surface area (Å²) in [7, 11) is 0. The monoisotopic (exact) mass is 347 g/mol. The number of anilines is 1. The van der Waals surface area contributed by atoms with Gasteiger partial charge in [-0.05, 0) is 24.3 Å². The van der Waals surface area contributed by atoms with Crippen LogP contribution in [0.25, 0.3) is 0 Å². The summed E-state index contributed by atoms with van der Waals surface area (Å²) in [5.41, 5.74) is 0.742. The average Bonchev–Trinajstić information content (AvgIpc) is 2.60. The highest BCUT2D eigenvalue weighted by atomic mass is 35.5. The van der Waals surface area contributed by atoms with Gasteiger partial charge >= 0.3 is 5.97 Å². The third kappa shape index (κ3) is 5.36. The molecule has 0 aliphatic carbocycles. The van der Waals surface area contributed by atoms with E-state index in [0.29, 0.717) is 11.3 Å². The summed E-state index contributed by atoms with van der Waals surface area (Å²) in [4.78, 5) is 38.8. The predicted octanol–water partition coefficient (Wildman–Crippen LogP) is 1.65. The molecule has 7 nitrogen and oxygen atoms in total. The highest BCUT2D eigenvalue weighted by Crippen LogP contribution is 2.16. The molecule has 0 radical (unpaired) electrons. The summed E-state index contributed by atoms with van der Waals surface area (Å²) < 4.78 is 4.77. The van der Waals surface area contributed by atoms with Gasteiger partial charge in [0.2, 0.25) is 0 Å². The first-order valence-corrected chi connectivity index (χ1v) is 7.33. The van der Waals surface area contributed by atoms with E-state index in [4.69, 9.17) is 16.3 Å². The van der Waals surface area contributed by atoms with Crippen molar-refractivity contribution in [3.8, 4) is 0 Å². The summed E-state index contributed by atoms with van der Waals surface area (Å²) in [6.45, 7) is -0.833. The minimum Gasteiger partial charge on any atom is -0.454 e. The summed E-state index contributed by atoms with van der Waals surface area (Å²) in [6.07, 6.45) is 1.48. The van der Waals surface area contributed by atoms with Crippen LogP contribution in [0, 0.1) is 0 Å². The second kappa shape index (κ2) is 8.64. The number of pyridine rings is 1. The Kier molecular flexibility index (Phi) is 6.27. The molecular weight excluding hydrogens is 334 g/mol. The number of aromatic nitrogens is 1. The molecule has 0 spiro atoms. The molecule has 0 aliphatic rings. The molecule has 0 aliphatic heterocycles. The van der Waals surface area contributed by atoms with Crippen LogP contribution in [0.1, 0.15) is 10.4 Å². The predicted molar refractivity (Wildman–Crippen MR) is 87.6 cm³/mol. The Morgan fingerprint density at radius 3 is 2.54 bits per heavy atom. The zero-order valence-electron chi connectivity index (χ0n) is 12.5. The van der Waals surface area contributed by atoms with Crippen molar-refractivity contribution >= 4 is 35.1 Å². The van der Waals surface area contributed by atoms with E-state index >= 15 is 0 Å². The molecule has 0 saturated heterocycles. The quantitative estimate of drug-likeness (QED) is 0.611. The van der Waals surface area contributed by atoms with Crippen LogP contribution in [0.3, 0.4) is 0 Å². The van der Waals surface area contributed by atoms with Crippen LogP contribution in [0.15, 0.2) is 48.7 Å². The Balaban J connectivity index is 1.72. The van der Waals surface area contributed by atoms with Crippen LogP contribution in [0.5, 0.6) is 0 Å². The lowest BCUT2D eigenvalue weighted by Gasteiger charge is -2.08. The maximum Gasteiger partial charge on any atom is 0.325 e. The fraction of sp³-hybridized carbons (Fsp3) is 0.125. The van der Waals surface area contributed by atoms with Crippen molar-refractivity contribution in [3.63, 3.8) is 0 Å². The van der Waals surface area contributed by atoms with Crippen LogP contribution < -0.4 is 10.6 Å². The molecule has 8 heteroatoms. The maximum atomic E-state index is 11.7. The van der Waals surface area contributed by atoms with Crippen molar-refractivity contribution in [2.45, 2.75) is 0 Å². The second-order valence-electron chi connectivity index (χ2n) is 4.60. The molecule has 1 aromatic carbocycles. The Bertz CT molecular complexity index is 737. The lowest BCUT2D eigenvalue weighted by Crippen LogP contribution is -2.32. The van der Waals surface area contributed by atoms with Gasteiger partial charge in [0.15, 0.2) is 11.8 Å². The highest BCUT2D eigenvalue weighted by molar-refractivity contribution is 6.32. The van der Waals surface area contributed by atoms with Gasteiger partial charge in [0.05, 0.1) is 5.69 Å². The smallest absolute Gasteiger partial charge is 0.325 e. The number of nitrogens with zero attached hydrogens (tertiary/aromatic N) is 1. The zero-order valence-corrected chi connectivity index (χ0v) is 13.2. The number of carbonyl (C=O) groups excluding carboxylic acids is 3. The minimum atomic E-state index is -0.730. The van der Waals surface area contributed by atoms with Gasteiger partial charge in [-0.1, -0.05) is 29.8 Å². The van der Waals surface area contributed by atoms with Crippen molar-refractivity contribution in [2.24, 2.45) is 0 Å². The first-order valence-electron chi connectivity index (χ1n) is 6.95. The van der Waals surface area contributed by atoms with Crippen molar-refractivity contribution in [2.75, 3.05) is 18.5 Å². The van der Waals surface area contributed by atoms with E-state index in [1.807, 2.05) is 0 Å². The van der Waals surface area contributed by atoms with Crippen molar-refractivity contribution in [3.05, 3.63) is 59.4 Å². The third-order valence-corrected chi connectivity index (χ3v) is 3.13.